The van der Waals surface area contributed by atoms with Gasteiger partial charge in [0.05, 0.1) is 12.1 Å². The molecule has 0 saturated heterocycles. The highest BCUT2D eigenvalue weighted by atomic mass is 19.4. The number of nitrogens with zero attached hydrogens (tertiary/aromatic N) is 1. The van der Waals surface area contributed by atoms with Crippen molar-refractivity contribution >= 4 is 17.6 Å². The Kier molecular flexibility index (Phi) is 9.51. The zero-order chi connectivity index (χ0) is 26.8. The van der Waals surface area contributed by atoms with Crippen LogP contribution < -0.4 is 4.90 Å². The van der Waals surface area contributed by atoms with Crippen LogP contribution in [-0.2, 0) is 28.7 Å². The summed E-state index contributed by atoms with van der Waals surface area (Å²) in [5.41, 5.74) is 2.65. The molecule has 0 fully saturated rings. The first kappa shape index (κ1) is 27.5. The lowest BCUT2D eigenvalue weighted by Crippen LogP contribution is -2.36. The van der Waals surface area contributed by atoms with E-state index in [-0.39, 0.29) is 6.54 Å². The van der Waals surface area contributed by atoms with Gasteiger partial charge in [0.15, 0.2) is 0 Å². The van der Waals surface area contributed by atoms with Gasteiger partial charge >= 0.3 is 18.1 Å². The van der Waals surface area contributed by atoms with E-state index in [9.17, 15) is 27.9 Å². The first-order valence-electron chi connectivity index (χ1n) is 12.1. The Bertz CT molecular complexity index is 1250. The Morgan fingerprint density at radius 2 is 1.32 bits per heavy atom. The molecular weight excluding hydrogens is 479 g/mol. The monoisotopic (exact) mass is 507 g/mol. The van der Waals surface area contributed by atoms with Crippen molar-refractivity contribution in [2.45, 2.75) is 51.7 Å². The van der Waals surface area contributed by atoms with E-state index in [1.165, 1.54) is 43.4 Å². The van der Waals surface area contributed by atoms with E-state index in [1.54, 1.807) is 24.3 Å². The minimum Gasteiger partial charge on any atom is -0.474 e. The maximum atomic E-state index is 12.8. The fourth-order valence-electron chi connectivity index (χ4n) is 3.76. The molecule has 0 heterocycles. The molecule has 0 unspecified atom stereocenters. The van der Waals surface area contributed by atoms with Gasteiger partial charge in [-0.15, -0.1) is 0 Å². The lowest BCUT2D eigenvalue weighted by Gasteiger charge is -2.21. The van der Waals surface area contributed by atoms with Crippen molar-refractivity contribution in [2.75, 3.05) is 4.90 Å². The normalized spacial score (nSPS) is 10.9. The molecule has 1 N–H and O–H groups in total. The third kappa shape index (κ3) is 8.25. The number of aryl methyl sites for hydroxylation is 1. The van der Waals surface area contributed by atoms with Crippen LogP contribution in [0.25, 0.3) is 0 Å². The zero-order valence-electron chi connectivity index (χ0n) is 20.5. The van der Waals surface area contributed by atoms with E-state index in [0.717, 1.165) is 29.0 Å². The SMILES string of the molecule is CCCCCCc1ccc(C#Cc2ccc(N(Cc3ccc(C(F)(F)F)cc3)C(=O)C(=O)O)cc2)cc1. The van der Waals surface area contributed by atoms with Crippen molar-refractivity contribution in [3.63, 3.8) is 0 Å². The molecule has 7 heteroatoms. The number of carbonyl (C=O) groups excluding carboxylic acids is 1. The minimum atomic E-state index is -4.48. The van der Waals surface area contributed by atoms with E-state index in [4.69, 9.17) is 0 Å². The predicted octanol–water partition coefficient (Wildman–Crippen LogP) is 6.85. The van der Waals surface area contributed by atoms with Gasteiger partial charge in [0.2, 0.25) is 0 Å². The number of carboxylic acids is 1. The maximum Gasteiger partial charge on any atom is 0.416 e. The van der Waals surface area contributed by atoms with Gasteiger partial charge in [-0.05, 0) is 72.5 Å². The summed E-state index contributed by atoms with van der Waals surface area (Å²) in [5.74, 6) is 3.30. The van der Waals surface area contributed by atoms with Crippen LogP contribution in [0.1, 0.15) is 60.4 Å². The molecule has 0 atom stereocenters. The van der Waals surface area contributed by atoms with Crippen molar-refractivity contribution in [1.29, 1.82) is 0 Å². The van der Waals surface area contributed by atoms with Gasteiger partial charge in [-0.2, -0.15) is 13.2 Å². The summed E-state index contributed by atoms with van der Waals surface area (Å²) in [4.78, 5) is 24.7. The first-order valence-corrected chi connectivity index (χ1v) is 12.1. The van der Waals surface area contributed by atoms with Crippen LogP contribution in [0.4, 0.5) is 18.9 Å². The molecule has 3 aromatic carbocycles. The fourth-order valence-corrected chi connectivity index (χ4v) is 3.76. The molecule has 192 valence electrons. The second kappa shape index (κ2) is 12.8. The second-order valence-corrected chi connectivity index (χ2v) is 8.70. The van der Waals surface area contributed by atoms with Crippen molar-refractivity contribution in [3.8, 4) is 11.8 Å². The van der Waals surface area contributed by atoms with E-state index >= 15 is 0 Å². The number of hydrogen-bond acceptors (Lipinski definition) is 2. The number of benzene rings is 3. The number of halogens is 3. The van der Waals surface area contributed by atoms with Gasteiger partial charge in [0.1, 0.15) is 0 Å². The number of amides is 1. The zero-order valence-corrected chi connectivity index (χ0v) is 20.5. The largest absolute Gasteiger partial charge is 0.474 e. The number of anilines is 1. The lowest BCUT2D eigenvalue weighted by molar-refractivity contribution is -0.148. The summed E-state index contributed by atoms with van der Waals surface area (Å²) in [6.07, 6.45) is 1.43. The van der Waals surface area contributed by atoms with Gasteiger partial charge in [-0.1, -0.05) is 62.3 Å². The molecule has 0 bridgehead atoms. The molecule has 0 aromatic heterocycles. The number of aliphatic carboxylic acids is 1. The Hall–Kier alpha value is -4.05. The molecule has 3 rings (SSSR count). The number of carboxylic acid groups (broad SMARTS) is 1. The molecule has 4 nitrogen and oxygen atoms in total. The summed E-state index contributed by atoms with van der Waals surface area (Å²) in [7, 11) is 0. The van der Waals surface area contributed by atoms with Crippen molar-refractivity contribution < 1.29 is 27.9 Å². The maximum absolute atomic E-state index is 12.8. The van der Waals surface area contributed by atoms with Crippen LogP contribution in [0.15, 0.2) is 72.8 Å². The van der Waals surface area contributed by atoms with Crippen LogP contribution in [-0.4, -0.2) is 17.0 Å². The smallest absolute Gasteiger partial charge is 0.416 e. The first-order chi connectivity index (χ1) is 17.7. The molecule has 0 aliphatic rings. The number of alkyl halides is 3. The highest BCUT2D eigenvalue weighted by Crippen LogP contribution is 2.29. The summed E-state index contributed by atoms with van der Waals surface area (Å²) in [6.45, 7) is 2.00. The van der Waals surface area contributed by atoms with Gasteiger partial charge in [-0.25, -0.2) is 4.79 Å². The molecular formula is C30H28F3NO3. The fraction of sp³-hybridized carbons (Fsp3) is 0.267. The van der Waals surface area contributed by atoms with Crippen LogP contribution in [0.3, 0.4) is 0 Å². The van der Waals surface area contributed by atoms with Crippen LogP contribution in [0, 0.1) is 11.8 Å². The molecule has 1 amide bonds. The molecule has 0 aliphatic carbocycles. The number of rotatable bonds is 8. The van der Waals surface area contributed by atoms with E-state index in [2.05, 4.69) is 30.9 Å². The van der Waals surface area contributed by atoms with E-state index in [0.29, 0.717) is 16.8 Å². The van der Waals surface area contributed by atoms with Crippen LogP contribution in [0.2, 0.25) is 0 Å². The Morgan fingerprint density at radius 3 is 1.84 bits per heavy atom. The van der Waals surface area contributed by atoms with Crippen LogP contribution in [0.5, 0.6) is 0 Å². The molecule has 0 saturated carbocycles. The summed E-state index contributed by atoms with van der Waals surface area (Å²) in [6, 6.07) is 18.8. The number of carbonyl (C=O) groups is 2. The topological polar surface area (TPSA) is 57.6 Å². The number of hydrogen-bond donors (Lipinski definition) is 1. The Balaban J connectivity index is 1.70. The quantitative estimate of drug-likeness (QED) is 0.206. The lowest BCUT2D eigenvalue weighted by atomic mass is 10.0. The molecule has 0 radical (unpaired) electrons. The predicted molar refractivity (Wildman–Crippen MR) is 137 cm³/mol. The van der Waals surface area contributed by atoms with Gasteiger partial charge in [-0.3, -0.25) is 9.69 Å². The molecule has 3 aromatic rings. The van der Waals surface area contributed by atoms with Gasteiger partial charge in [0, 0.05) is 16.8 Å². The second-order valence-electron chi connectivity index (χ2n) is 8.70. The van der Waals surface area contributed by atoms with Gasteiger partial charge < -0.3 is 5.11 Å². The van der Waals surface area contributed by atoms with Crippen molar-refractivity contribution in [1.82, 2.24) is 0 Å². The van der Waals surface area contributed by atoms with E-state index in [1.807, 2.05) is 12.1 Å². The molecule has 37 heavy (non-hydrogen) atoms. The molecule has 0 spiro atoms. The van der Waals surface area contributed by atoms with E-state index < -0.39 is 23.6 Å². The highest BCUT2D eigenvalue weighted by molar-refractivity contribution is 6.37. The summed E-state index contributed by atoms with van der Waals surface area (Å²) >= 11 is 0. The minimum absolute atomic E-state index is 0.195. The average molecular weight is 508 g/mol. The average Bonchev–Trinajstić information content (AvgIpc) is 2.89. The standard InChI is InChI=1S/C30H28F3NO3/c1-2-3-4-5-6-22-7-9-23(10-8-22)11-12-24-15-19-27(20-16-24)34(28(35)29(36)37)21-25-13-17-26(18-14-25)30(31,32)33/h7-10,13-20H,2-6,21H2,1H3,(H,36,37). The Labute approximate surface area is 214 Å². The summed E-state index contributed by atoms with van der Waals surface area (Å²) in [5, 5.41) is 9.24. The summed E-state index contributed by atoms with van der Waals surface area (Å²) < 4.78 is 38.5. The van der Waals surface area contributed by atoms with Crippen molar-refractivity contribution in [3.05, 3.63) is 101 Å². The third-order valence-electron chi connectivity index (χ3n) is 5.85. The van der Waals surface area contributed by atoms with Crippen LogP contribution >= 0.6 is 0 Å². The third-order valence-corrected chi connectivity index (χ3v) is 5.85. The Morgan fingerprint density at radius 1 is 0.784 bits per heavy atom. The highest BCUT2D eigenvalue weighted by Gasteiger charge is 2.30. The van der Waals surface area contributed by atoms with Gasteiger partial charge in [0.25, 0.3) is 0 Å². The number of unbranched alkanes of at least 4 members (excludes halogenated alkanes) is 3. The molecule has 0 aliphatic heterocycles. The van der Waals surface area contributed by atoms with Crippen molar-refractivity contribution in [2.24, 2.45) is 0 Å².